The van der Waals surface area contributed by atoms with Crippen LogP contribution in [0.2, 0.25) is 0 Å². The summed E-state index contributed by atoms with van der Waals surface area (Å²) < 4.78 is 3.02. The van der Waals surface area contributed by atoms with E-state index in [0.717, 1.165) is 34.4 Å². The van der Waals surface area contributed by atoms with Gasteiger partial charge in [0.15, 0.2) is 0 Å². The first kappa shape index (κ1) is 18.9. The molecule has 3 aromatic rings. The van der Waals surface area contributed by atoms with Gasteiger partial charge in [-0.25, -0.2) is 4.68 Å². The van der Waals surface area contributed by atoms with Crippen LogP contribution in [-0.4, -0.2) is 22.2 Å². The van der Waals surface area contributed by atoms with Crippen molar-refractivity contribution in [1.82, 2.24) is 15.1 Å². The third kappa shape index (κ3) is 4.20. The maximum Gasteiger partial charge on any atom is 0.223 e. The van der Waals surface area contributed by atoms with Gasteiger partial charge in [0, 0.05) is 22.6 Å². The van der Waals surface area contributed by atoms with Gasteiger partial charge >= 0.3 is 0 Å². The number of aromatic nitrogens is 2. The van der Waals surface area contributed by atoms with Crippen LogP contribution in [-0.2, 0) is 11.2 Å². The van der Waals surface area contributed by atoms with Crippen molar-refractivity contribution < 1.29 is 4.79 Å². The summed E-state index contributed by atoms with van der Waals surface area (Å²) in [5.41, 5.74) is 5.67. The van der Waals surface area contributed by atoms with Crippen molar-refractivity contribution in [3.63, 3.8) is 0 Å². The number of rotatable bonds is 6. The Morgan fingerprint density at radius 3 is 2.64 bits per heavy atom. The average molecular weight is 438 g/mol. The van der Waals surface area contributed by atoms with E-state index in [2.05, 4.69) is 75.7 Å². The number of benzene rings is 2. The molecule has 0 radical (unpaired) electrons. The Hall–Kier alpha value is -2.40. The molecule has 5 heteroatoms. The van der Waals surface area contributed by atoms with Crippen LogP contribution in [0.1, 0.15) is 34.9 Å². The Bertz CT molecular complexity index is 993. The lowest BCUT2D eigenvalue weighted by atomic mass is 10.1. The van der Waals surface area contributed by atoms with Crippen molar-refractivity contribution in [3.05, 3.63) is 81.6 Å². The lowest BCUT2D eigenvalue weighted by Gasteiger charge is -2.08. The van der Waals surface area contributed by atoms with Gasteiger partial charge in [-0.2, -0.15) is 5.10 Å². The summed E-state index contributed by atoms with van der Waals surface area (Å²) >= 11 is 3.50. The zero-order valence-corrected chi connectivity index (χ0v) is 17.7. The van der Waals surface area contributed by atoms with Gasteiger partial charge < -0.3 is 5.32 Å². The van der Waals surface area contributed by atoms with Gasteiger partial charge in [-0.3, -0.25) is 4.79 Å². The zero-order valence-electron chi connectivity index (χ0n) is 16.2. The van der Waals surface area contributed by atoms with Crippen molar-refractivity contribution in [1.29, 1.82) is 0 Å². The normalized spacial score (nSPS) is 18.1. The fourth-order valence-electron chi connectivity index (χ4n) is 3.75. The van der Waals surface area contributed by atoms with Crippen LogP contribution >= 0.6 is 15.9 Å². The van der Waals surface area contributed by atoms with E-state index in [4.69, 9.17) is 0 Å². The Kier molecular flexibility index (Phi) is 5.36. The van der Waals surface area contributed by atoms with Crippen molar-refractivity contribution in [3.8, 4) is 5.69 Å². The monoisotopic (exact) mass is 437 g/mol. The van der Waals surface area contributed by atoms with E-state index in [1.54, 1.807) is 0 Å². The van der Waals surface area contributed by atoms with Crippen LogP contribution in [0.15, 0.2) is 59.1 Å². The third-order valence-corrected chi connectivity index (χ3v) is 5.80. The molecule has 0 bridgehead atoms. The second-order valence-corrected chi connectivity index (χ2v) is 8.47. The predicted octanol–water partition coefficient (Wildman–Crippen LogP) is 4.71. The molecule has 2 aromatic carbocycles. The first-order valence-corrected chi connectivity index (χ1v) is 10.5. The van der Waals surface area contributed by atoms with E-state index in [1.165, 1.54) is 11.1 Å². The number of amides is 1. The molecule has 1 aromatic heterocycles. The lowest BCUT2D eigenvalue weighted by molar-refractivity contribution is -0.122. The third-order valence-electron chi connectivity index (χ3n) is 5.31. The minimum absolute atomic E-state index is 0.114. The molecule has 1 aliphatic rings. The number of carbonyl (C=O) groups excluding carboxylic acids is 1. The van der Waals surface area contributed by atoms with Gasteiger partial charge in [-0.15, -0.1) is 0 Å². The number of halogens is 1. The molecule has 144 valence electrons. The Morgan fingerprint density at radius 2 is 1.96 bits per heavy atom. The highest BCUT2D eigenvalue weighted by Crippen LogP contribution is 2.47. The Labute approximate surface area is 174 Å². The summed E-state index contributed by atoms with van der Waals surface area (Å²) in [7, 11) is 0. The highest BCUT2D eigenvalue weighted by molar-refractivity contribution is 9.10. The molecule has 1 saturated carbocycles. The quantitative estimate of drug-likeness (QED) is 0.606. The topological polar surface area (TPSA) is 46.9 Å². The van der Waals surface area contributed by atoms with Gasteiger partial charge in [0.1, 0.15) is 0 Å². The van der Waals surface area contributed by atoms with E-state index in [-0.39, 0.29) is 11.8 Å². The van der Waals surface area contributed by atoms with Crippen molar-refractivity contribution >= 4 is 21.8 Å². The molecule has 1 aliphatic carbocycles. The van der Waals surface area contributed by atoms with E-state index >= 15 is 0 Å². The van der Waals surface area contributed by atoms with Crippen LogP contribution in [0.25, 0.3) is 5.69 Å². The van der Waals surface area contributed by atoms with E-state index in [1.807, 2.05) is 23.7 Å². The molecule has 4 nitrogen and oxygen atoms in total. The summed E-state index contributed by atoms with van der Waals surface area (Å²) in [5, 5.41) is 7.61. The molecule has 0 saturated heterocycles. The molecule has 1 amide bonds. The molecule has 1 fully saturated rings. The summed E-state index contributed by atoms with van der Waals surface area (Å²) in [6, 6.07) is 18.7. The number of carbonyl (C=O) groups is 1. The Balaban J connectivity index is 1.27. The number of hydrogen-bond donors (Lipinski definition) is 1. The number of nitrogens with one attached hydrogen (secondary N) is 1. The molecular formula is C23H24BrN3O. The molecule has 1 N–H and O–H groups in total. The smallest absolute Gasteiger partial charge is 0.223 e. The van der Waals surface area contributed by atoms with Crippen LogP contribution < -0.4 is 5.32 Å². The van der Waals surface area contributed by atoms with Crippen molar-refractivity contribution in [2.45, 2.75) is 32.6 Å². The SMILES string of the molecule is Cc1cc(C)n(-c2ccc(CCNC(=O)C3CC3c3cccc(Br)c3)cc2)n1. The largest absolute Gasteiger partial charge is 0.356 e. The molecule has 0 aliphatic heterocycles. The van der Waals surface area contributed by atoms with E-state index in [0.29, 0.717) is 12.5 Å². The van der Waals surface area contributed by atoms with Crippen LogP contribution in [0, 0.1) is 19.8 Å². The van der Waals surface area contributed by atoms with Gasteiger partial charge in [0.05, 0.1) is 11.4 Å². The second kappa shape index (κ2) is 7.92. The molecule has 1 heterocycles. The van der Waals surface area contributed by atoms with Crippen LogP contribution in [0.4, 0.5) is 0 Å². The van der Waals surface area contributed by atoms with Gasteiger partial charge in [0.25, 0.3) is 0 Å². The first-order valence-electron chi connectivity index (χ1n) is 9.67. The standard InChI is InChI=1S/C23H24BrN3O/c1-15-12-16(2)27(26-15)20-8-6-17(7-9-20)10-11-25-23(28)22-14-21(22)18-4-3-5-19(24)13-18/h3-9,12-13,21-22H,10-11,14H2,1-2H3,(H,25,28). The molecular weight excluding hydrogens is 414 g/mol. The Morgan fingerprint density at radius 1 is 1.18 bits per heavy atom. The maximum atomic E-state index is 12.4. The van der Waals surface area contributed by atoms with Crippen LogP contribution in [0.3, 0.4) is 0 Å². The summed E-state index contributed by atoms with van der Waals surface area (Å²) in [6.45, 7) is 4.73. The summed E-state index contributed by atoms with van der Waals surface area (Å²) in [5.74, 6) is 0.643. The van der Waals surface area contributed by atoms with Gasteiger partial charge in [-0.05, 0) is 74.1 Å². The zero-order chi connectivity index (χ0) is 19.7. The first-order chi connectivity index (χ1) is 13.5. The summed E-state index contributed by atoms with van der Waals surface area (Å²) in [4.78, 5) is 12.4. The fraction of sp³-hybridized carbons (Fsp3) is 0.304. The van der Waals surface area contributed by atoms with Crippen molar-refractivity contribution in [2.24, 2.45) is 5.92 Å². The maximum absolute atomic E-state index is 12.4. The fourth-order valence-corrected chi connectivity index (χ4v) is 4.16. The van der Waals surface area contributed by atoms with Gasteiger partial charge in [0.2, 0.25) is 5.91 Å². The predicted molar refractivity (Wildman–Crippen MR) is 115 cm³/mol. The molecule has 4 rings (SSSR count). The highest BCUT2D eigenvalue weighted by Gasteiger charge is 2.43. The number of aryl methyl sites for hydroxylation is 2. The summed E-state index contributed by atoms with van der Waals surface area (Å²) in [6.07, 6.45) is 1.77. The molecule has 2 atom stereocenters. The van der Waals surface area contributed by atoms with E-state index in [9.17, 15) is 4.79 Å². The highest BCUT2D eigenvalue weighted by atomic mass is 79.9. The lowest BCUT2D eigenvalue weighted by Crippen LogP contribution is -2.27. The van der Waals surface area contributed by atoms with Crippen molar-refractivity contribution in [2.75, 3.05) is 6.54 Å². The minimum Gasteiger partial charge on any atom is -0.356 e. The molecule has 28 heavy (non-hydrogen) atoms. The van der Waals surface area contributed by atoms with E-state index < -0.39 is 0 Å². The van der Waals surface area contributed by atoms with Gasteiger partial charge in [-0.1, -0.05) is 40.2 Å². The second-order valence-electron chi connectivity index (χ2n) is 7.55. The number of hydrogen-bond acceptors (Lipinski definition) is 2. The van der Waals surface area contributed by atoms with Crippen LogP contribution in [0.5, 0.6) is 0 Å². The molecule has 2 unspecified atom stereocenters. The minimum atomic E-state index is 0.114. The number of nitrogens with zero attached hydrogens (tertiary/aromatic N) is 2. The average Bonchev–Trinajstić information content (AvgIpc) is 3.41. The molecule has 0 spiro atoms.